The summed E-state index contributed by atoms with van der Waals surface area (Å²) in [7, 11) is 0. The predicted molar refractivity (Wildman–Crippen MR) is 121 cm³/mol. The zero-order valence-corrected chi connectivity index (χ0v) is 16.9. The van der Waals surface area contributed by atoms with E-state index in [1.54, 1.807) is 30.9 Å². The van der Waals surface area contributed by atoms with Gasteiger partial charge >= 0.3 is 0 Å². The minimum atomic E-state index is -0.477. The third-order valence-corrected chi connectivity index (χ3v) is 5.08. The Morgan fingerprint density at radius 2 is 1.55 bits per heavy atom. The number of aromatic nitrogens is 4. The molecule has 0 bridgehead atoms. The van der Waals surface area contributed by atoms with E-state index in [0.717, 1.165) is 27.6 Å². The fourth-order valence-corrected chi connectivity index (χ4v) is 3.45. The Morgan fingerprint density at radius 1 is 0.774 bits per heavy atom. The molecule has 3 aromatic heterocycles. The van der Waals surface area contributed by atoms with E-state index in [2.05, 4.69) is 15.3 Å². The van der Waals surface area contributed by atoms with Crippen LogP contribution >= 0.6 is 11.6 Å². The van der Waals surface area contributed by atoms with Gasteiger partial charge < -0.3 is 5.32 Å². The molecule has 0 atom stereocenters. The van der Waals surface area contributed by atoms with Crippen LogP contribution in [0.4, 0.5) is 15.9 Å². The molecule has 0 amide bonds. The van der Waals surface area contributed by atoms with Gasteiger partial charge in [-0.1, -0.05) is 23.7 Å². The van der Waals surface area contributed by atoms with Crippen molar-refractivity contribution in [2.45, 2.75) is 0 Å². The molecule has 0 saturated carbocycles. The molecule has 3 heterocycles. The number of pyridine rings is 2. The SMILES string of the molecule is Fc1ccc(Nc2nc(-c3cccnc3)nc3ccc(-c4cccnc4)cc23)cc1Cl. The summed E-state index contributed by atoms with van der Waals surface area (Å²) in [5.41, 5.74) is 4.14. The number of hydrogen-bond acceptors (Lipinski definition) is 5. The van der Waals surface area contributed by atoms with Crippen LogP contribution in [-0.4, -0.2) is 19.9 Å². The van der Waals surface area contributed by atoms with Crippen LogP contribution in [0.2, 0.25) is 5.02 Å². The molecule has 0 aliphatic heterocycles. The Bertz CT molecular complexity index is 1380. The van der Waals surface area contributed by atoms with Gasteiger partial charge in [-0.3, -0.25) is 9.97 Å². The minimum absolute atomic E-state index is 0.0342. The Morgan fingerprint density at radius 3 is 2.26 bits per heavy atom. The molecule has 0 fully saturated rings. The highest BCUT2D eigenvalue weighted by molar-refractivity contribution is 6.31. The molecule has 5 rings (SSSR count). The number of anilines is 2. The first-order valence-electron chi connectivity index (χ1n) is 9.52. The van der Waals surface area contributed by atoms with Crippen LogP contribution in [0.5, 0.6) is 0 Å². The molecule has 0 aliphatic carbocycles. The number of hydrogen-bond donors (Lipinski definition) is 1. The lowest BCUT2D eigenvalue weighted by atomic mass is 10.0. The van der Waals surface area contributed by atoms with E-state index in [4.69, 9.17) is 21.6 Å². The van der Waals surface area contributed by atoms with Crippen LogP contribution in [0.15, 0.2) is 85.5 Å². The van der Waals surface area contributed by atoms with Crippen LogP contribution in [0.1, 0.15) is 0 Å². The summed E-state index contributed by atoms with van der Waals surface area (Å²) in [6.45, 7) is 0. The van der Waals surface area contributed by atoms with Gasteiger partial charge in [-0.2, -0.15) is 0 Å². The number of nitrogens with one attached hydrogen (secondary N) is 1. The fraction of sp³-hybridized carbons (Fsp3) is 0. The summed E-state index contributed by atoms with van der Waals surface area (Å²) >= 11 is 5.97. The second-order valence-electron chi connectivity index (χ2n) is 6.87. The second-order valence-corrected chi connectivity index (χ2v) is 7.27. The van der Waals surface area contributed by atoms with Gasteiger partial charge in [0.2, 0.25) is 0 Å². The van der Waals surface area contributed by atoms with Crippen molar-refractivity contribution in [2.75, 3.05) is 5.32 Å². The standard InChI is InChI=1S/C24H15ClFN5/c25-20-12-18(6-7-21(20)26)29-24-19-11-15(16-3-1-9-27-13-16)5-8-22(19)30-23(31-24)17-4-2-10-28-14-17/h1-14H,(H,29,30,31). The van der Waals surface area contributed by atoms with E-state index < -0.39 is 5.82 Å². The van der Waals surface area contributed by atoms with Crippen molar-refractivity contribution < 1.29 is 4.39 Å². The largest absolute Gasteiger partial charge is 0.340 e. The van der Waals surface area contributed by atoms with Gasteiger partial charge in [0.25, 0.3) is 0 Å². The Hall–Kier alpha value is -3.90. The predicted octanol–water partition coefficient (Wildman–Crippen LogP) is 6.29. The van der Waals surface area contributed by atoms with Crippen LogP contribution in [-0.2, 0) is 0 Å². The summed E-state index contributed by atoms with van der Waals surface area (Å²) in [6, 6.07) is 18.0. The Kier molecular flexibility index (Phi) is 4.98. The topological polar surface area (TPSA) is 63.6 Å². The first-order valence-corrected chi connectivity index (χ1v) is 9.90. The summed E-state index contributed by atoms with van der Waals surface area (Å²) < 4.78 is 13.6. The molecule has 31 heavy (non-hydrogen) atoms. The summed E-state index contributed by atoms with van der Waals surface area (Å²) in [4.78, 5) is 17.8. The smallest absolute Gasteiger partial charge is 0.163 e. The van der Waals surface area contributed by atoms with Gasteiger partial charge in [0.05, 0.1) is 10.5 Å². The van der Waals surface area contributed by atoms with Crippen molar-refractivity contribution in [3.8, 4) is 22.5 Å². The monoisotopic (exact) mass is 427 g/mol. The molecule has 0 spiro atoms. The zero-order chi connectivity index (χ0) is 21.2. The van der Waals surface area contributed by atoms with Gasteiger partial charge in [-0.15, -0.1) is 0 Å². The van der Waals surface area contributed by atoms with Crippen molar-refractivity contribution >= 4 is 34.0 Å². The maximum absolute atomic E-state index is 13.6. The molecule has 150 valence electrons. The number of halogens is 2. The molecule has 5 aromatic rings. The fourth-order valence-electron chi connectivity index (χ4n) is 3.27. The molecule has 0 radical (unpaired) electrons. The van der Waals surface area contributed by atoms with E-state index in [1.165, 1.54) is 12.1 Å². The first kappa shape index (κ1) is 19.1. The molecular formula is C24H15ClFN5. The van der Waals surface area contributed by atoms with Gasteiger partial charge in [0, 0.05) is 47.0 Å². The van der Waals surface area contributed by atoms with Crippen LogP contribution in [0.3, 0.4) is 0 Å². The van der Waals surface area contributed by atoms with Crippen molar-refractivity contribution in [3.63, 3.8) is 0 Å². The molecule has 1 N–H and O–H groups in total. The molecule has 0 unspecified atom stereocenters. The quantitative estimate of drug-likeness (QED) is 0.365. The van der Waals surface area contributed by atoms with Gasteiger partial charge in [0.1, 0.15) is 11.6 Å². The second kappa shape index (κ2) is 8.08. The number of fused-ring (bicyclic) bond motifs is 1. The maximum atomic E-state index is 13.6. The van der Waals surface area contributed by atoms with Crippen molar-refractivity contribution in [2.24, 2.45) is 0 Å². The van der Waals surface area contributed by atoms with Gasteiger partial charge in [-0.25, -0.2) is 14.4 Å². The maximum Gasteiger partial charge on any atom is 0.163 e. The van der Waals surface area contributed by atoms with E-state index in [9.17, 15) is 4.39 Å². The zero-order valence-electron chi connectivity index (χ0n) is 16.1. The number of rotatable bonds is 4. The third kappa shape index (κ3) is 3.93. The first-order chi connectivity index (χ1) is 15.2. The molecule has 5 nitrogen and oxygen atoms in total. The van der Waals surface area contributed by atoms with Crippen LogP contribution in [0, 0.1) is 5.82 Å². The highest BCUT2D eigenvalue weighted by Crippen LogP contribution is 2.31. The number of nitrogens with zero attached hydrogens (tertiary/aromatic N) is 4. The molecular weight excluding hydrogens is 413 g/mol. The van der Waals surface area contributed by atoms with Crippen molar-refractivity contribution in [1.29, 1.82) is 0 Å². The number of benzene rings is 2. The lowest BCUT2D eigenvalue weighted by molar-refractivity contribution is 0.628. The normalized spacial score (nSPS) is 10.9. The van der Waals surface area contributed by atoms with Gasteiger partial charge in [0.15, 0.2) is 5.82 Å². The summed E-state index contributed by atoms with van der Waals surface area (Å²) in [6.07, 6.45) is 6.95. The lowest BCUT2D eigenvalue weighted by Crippen LogP contribution is -2.00. The summed E-state index contributed by atoms with van der Waals surface area (Å²) in [5, 5.41) is 4.11. The van der Waals surface area contributed by atoms with Crippen LogP contribution < -0.4 is 5.32 Å². The summed E-state index contributed by atoms with van der Waals surface area (Å²) in [5.74, 6) is 0.636. The minimum Gasteiger partial charge on any atom is -0.340 e. The van der Waals surface area contributed by atoms with Crippen LogP contribution in [0.25, 0.3) is 33.4 Å². The Labute approximate surface area is 182 Å². The molecule has 2 aromatic carbocycles. The van der Waals surface area contributed by atoms with Crippen molar-refractivity contribution in [1.82, 2.24) is 19.9 Å². The average Bonchev–Trinajstić information content (AvgIpc) is 2.82. The highest BCUT2D eigenvalue weighted by atomic mass is 35.5. The highest BCUT2D eigenvalue weighted by Gasteiger charge is 2.12. The van der Waals surface area contributed by atoms with E-state index >= 15 is 0 Å². The third-order valence-electron chi connectivity index (χ3n) is 4.79. The Balaban J connectivity index is 1.68. The average molecular weight is 428 g/mol. The van der Waals surface area contributed by atoms with E-state index in [0.29, 0.717) is 17.3 Å². The van der Waals surface area contributed by atoms with Crippen molar-refractivity contribution in [3.05, 3.63) is 96.3 Å². The molecule has 7 heteroatoms. The molecule has 0 saturated heterocycles. The molecule has 0 aliphatic rings. The van der Waals surface area contributed by atoms with E-state index in [1.807, 2.05) is 42.5 Å². The lowest BCUT2D eigenvalue weighted by Gasteiger charge is -2.13. The van der Waals surface area contributed by atoms with E-state index in [-0.39, 0.29) is 5.02 Å². The van der Waals surface area contributed by atoms with Gasteiger partial charge in [-0.05, 0) is 54.1 Å².